The normalized spacial score (nSPS) is 10.5. The SMILES string of the molecule is CC#CCc1nc(=O)[nH]n1Cc1ccc(-c2ccccc2-c2nn[nH]n2)cc1. The second-order valence-electron chi connectivity index (χ2n) is 6.11. The summed E-state index contributed by atoms with van der Waals surface area (Å²) in [7, 11) is 0. The molecule has 0 saturated carbocycles. The smallest absolute Gasteiger partial charge is 0.265 e. The molecule has 2 N–H and O–H groups in total. The van der Waals surface area contributed by atoms with Crippen molar-refractivity contribution >= 4 is 0 Å². The molecule has 138 valence electrons. The zero-order chi connectivity index (χ0) is 19.3. The fourth-order valence-corrected chi connectivity index (χ4v) is 2.99. The van der Waals surface area contributed by atoms with Crippen LogP contribution in [0.25, 0.3) is 22.5 Å². The zero-order valence-corrected chi connectivity index (χ0v) is 15.2. The molecule has 0 amide bonds. The molecule has 0 unspecified atom stereocenters. The van der Waals surface area contributed by atoms with Gasteiger partial charge in [0.25, 0.3) is 0 Å². The van der Waals surface area contributed by atoms with Crippen molar-refractivity contribution in [3.8, 4) is 34.4 Å². The predicted octanol–water partition coefficient (Wildman–Crippen LogP) is 2.03. The second kappa shape index (κ2) is 7.72. The molecule has 4 rings (SSSR count). The van der Waals surface area contributed by atoms with Crippen molar-refractivity contribution in [2.45, 2.75) is 19.9 Å². The fraction of sp³-hybridized carbons (Fsp3) is 0.150. The number of benzene rings is 2. The molecule has 2 heterocycles. The van der Waals surface area contributed by atoms with E-state index in [0.717, 1.165) is 22.3 Å². The molecule has 0 aliphatic rings. The quantitative estimate of drug-likeness (QED) is 0.522. The molecule has 0 saturated heterocycles. The minimum atomic E-state index is -0.362. The highest BCUT2D eigenvalue weighted by Gasteiger charge is 2.11. The molecule has 4 aromatic rings. The van der Waals surface area contributed by atoms with Crippen LogP contribution >= 0.6 is 0 Å². The van der Waals surface area contributed by atoms with Gasteiger partial charge in [0.1, 0.15) is 5.82 Å². The maximum atomic E-state index is 11.6. The molecule has 8 heteroatoms. The van der Waals surface area contributed by atoms with Crippen molar-refractivity contribution in [1.82, 2.24) is 35.4 Å². The third-order valence-corrected chi connectivity index (χ3v) is 4.31. The van der Waals surface area contributed by atoms with Crippen molar-refractivity contribution in [3.63, 3.8) is 0 Å². The van der Waals surface area contributed by atoms with Crippen LogP contribution in [0.1, 0.15) is 18.3 Å². The fourth-order valence-electron chi connectivity index (χ4n) is 2.99. The van der Waals surface area contributed by atoms with Crippen LogP contribution in [0.5, 0.6) is 0 Å². The lowest BCUT2D eigenvalue weighted by Gasteiger charge is -2.09. The van der Waals surface area contributed by atoms with Crippen molar-refractivity contribution in [2.75, 3.05) is 0 Å². The summed E-state index contributed by atoms with van der Waals surface area (Å²) < 4.78 is 1.73. The van der Waals surface area contributed by atoms with Crippen molar-refractivity contribution < 1.29 is 0 Å². The zero-order valence-electron chi connectivity index (χ0n) is 15.2. The molecule has 0 radical (unpaired) electrons. The molecular formula is C20H17N7O. The standard InChI is InChI=1S/C20H17N7O/c1-2-3-8-18-21-20(28)24-27(18)13-14-9-11-15(12-10-14)16-6-4-5-7-17(16)19-22-25-26-23-19/h4-7,9-12H,8,13H2,1H3,(H,24,28)(H,22,23,25,26). The van der Waals surface area contributed by atoms with Gasteiger partial charge in [-0.15, -0.1) is 16.1 Å². The Morgan fingerprint density at radius 1 is 1.07 bits per heavy atom. The predicted molar refractivity (Wildman–Crippen MR) is 104 cm³/mol. The maximum Gasteiger partial charge on any atom is 0.361 e. The van der Waals surface area contributed by atoms with Crippen LogP contribution in [0.3, 0.4) is 0 Å². The van der Waals surface area contributed by atoms with Crippen LogP contribution < -0.4 is 5.69 Å². The first-order valence-corrected chi connectivity index (χ1v) is 8.72. The topological polar surface area (TPSA) is 105 Å². The van der Waals surface area contributed by atoms with Crippen LogP contribution in [0, 0.1) is 11.8 Å². The summed E-state index contributed by atoms with van der Waals surface area (Å²) in [6.45, 7) is 2.28. The summed E-state index contributed by atoms with van der Waals surface area (Å²) in [5.41, 5.74) is 3.65. The molecule has 0 atom stereocenters. The van der Waals surface area contributed by atoms with E-state index >= 15 is 0 Å². The number of aromatic amines is 2. The largest absolute Gasteiger partial charge is 0.361 e. The van der Waals surface area contributed by atoms with E-state index in [4.69, 9.17) is 0 Å². The number of H-pyrrole nitrogens is 2. The van der Waals surface area contributed by atoms with Crippen LogP contribution in [0.2, 0.25) is 0 Å². The van der Waals surface area contributed by atoms with E-state index in [1.165, 1.54) is 0 Å². The van der Waals surface area contributed by atoms with Gasteiger partial charge in [0.05, 0.1) is 13.0 Å². The van der Waals surface area contributed by atoms with Gasteiger partial charge in [0, 0.05) is 5.56 Å². The summed E-state index contributed by atoms with van der Waals surface area (Å²) >= 11 is 0. The Kier molecular flexibility index (Phi) is 4.80. The van der Waals surface area contributed by atoms with Gasteiger partial charge < -0.3 is 0 Å². The van der Waals surface area contributed by atoms with E-state index in [9.17, 15) is 4.79 Å². The summed E-state index contributed by atoms with van der Waals surface area (Å²) in [5.74, 6) is 6.95. The van der Waals surface area contributed by atoms with E-state index in [1.54, 1.807) is 11.6 Å². The Labute approximate surface area is 160 Å². The number of hydrogen-bond donors (Lipinski definition) is 2. The van der Waals surface area contributed by atoms with Crippen molar-refractivity contribution in [3.05, 3.63) is 70.4 Å². The Balaban J connectivity index is 1.61. The lowest BCUT2D eigenvalue weighted by molar-refractivity contribution is 0.648. The first-order valence-electron chi connectivity index (χ1n) is 8.72. The molecule has 0 aliphatic carbocycles. The first-order chi connectivity index (χ1) is 13.7. The minimum absolute atomic E-state index is 0.362. The third-order valence-electron chi connectivity index (χ3n) is 4.31. The van der Waals surface area contributed by atoms with Crippen LogP contribution in [-0.4, -0.2) is 35.4 Å². The molecular weight excluding hydrogens is 354 g/mol. The Hall–Kier alpha value is -3.99. The van der Waals surface area contributed by atoms with Gasteiger partial charge in [-0.25, -0.2) is 9.89 Å². The highest BCUT2D eigenvalue weighted by atomic mass is 16.1. The van der Waals surface area contributed by atoms with Crippen LogP contribution in [-0.2, 0) is 13.0 Å². The highest BCUT2D eigenvalue weighted by molar-refractivity contribution is 5.80. The molecule has 0 bridgehead atoms. The van der Waals surface area contributed by atoms with Crippen molar-refractivity contribution in [1.29, 1.82) is 0 Å². The van der Waals surface area contributed by atoms with Crippen LogP contribution in [0.15, 0.2) is 53.3 Å². The van der Waals surface area contributed by atoms with E-state index in [-0.39, 0.29) is 5.69 Å². The van der Waals surface area contributed by atoms with Gasteiger partial charge in [-0.2, -0.15) is 10.2 Å². The van der Waals surface area contributed by atoms with E-state index in [2.05, 4.69) is 42.5 Å². The molecule has 2 aromatic carbocycles. The molecule has 2 aromatic heterocycles. The minimum Gasteiger partial charge on any atom is -0.265 e. The molecule has 0 spiro atoms. The number of hydrogen-bond acceptors (Lipinski definition) is 5. The second-order valence-corrected chi connectivity index (χ2v) is 6.11. The Morgan fingerprint density at radius 3 is 2.57 bits per heavy atom. The van der Waals surface area contributed by atoms with Gasteiger partial charge in [-0.1, -0.05) is 54.5 Å². The number of nitrogens with one attached hydrogen (secondary N) is 2. The molecule has 8 nitrogen and oxygen atoms in total. The van der Waals surface area contributed by atoms with Gasteiger partial charge in [0.2, 0.25) is 5.82 Å². The number of aromatic nitrogens is 7. The van der Waals surface area contributed by atoms with Crippen molar-refractivity contribution in [2.24, 2.45) is 0 Å². The summed E-state index contributed by atoms with van der Waals surface area (Å²) in [5, 5.41) is 17.0. The Morgan fingerprint density at radius 2 is 1.86 bits per heavy atom. The van der Waals surface area contributed by atoms with E-state index in [1.807, 2.05) is 48.5 Å². The Bertz CT molecular complexity index is 1190. The number of nitrogens with zero attached hydrogens (tertiary/aromatic N) is 5. The van der Waals surface area contributed by atoms with Crippen LogP contribution in [0.4, 0.5) is 0 Å². The van der Waals surface area contributed by atoms with Gasteiger partial charge in [-0.05, 0) is 28.8 Å². The lowest BCUT2D eigenvalue weighted by atomic mass is 9.98. The van der Waals surface area contributed by atoms with Gasteiger partial charge in [0.15, 0.2) is 0 Å². The monoisotopic (exact) mass is 371 g/mol. The first kappa shape index (κ1) is 17.4. The number of rotatable bonds is 5. The van der Waals surface area contributed by atoms with Gasteiger partial charge >= 0.3 is 5.69 Å². The summed E-state index contributed by atoms with van der Waals surface area (Å²) in [6, 6.07) is 16.0. The lowest BCUT2D eigenvalue weighted by Crippen LogP contribution is -2.08. The molecule has 0 aliphatic heterocycles. The third kappa shape index (κ3) is 3.59. The highest BCUT2D eigenvalue weighted by Crippen LogP contribution is 2.29. The summed E-state index contributed by atoms with van der Waals surface area (Å²) in [6.07, 6.45) is 0.436. The van der Waals surface area contributed by atoms with E-state index in [0.29, 0.717) is 24.6 Å². The van der Waals surface area contributed by atoms with Gasteiger partial charge in [-0.3, -0.25) is 4.68 Å². The summed E-state index contributed by atoms with van der Waals surface area (Å²) in [4.78, 5) is 15.6. The number of tetrazole rings is 1. The maximum absolute atomic E-state index is 11.6. The van der Waals surface area contributed by atoms with E-state index < -0.39 is 0 Å². The average molecular weight is 371 g/mol. The molecule has 28 heavy (non-hydrogen) atoms. The average Bonchev–Trinajstić information content (AvgIpc) is 3.37. The molecule has 0 fully saturated rings.